The molecule has 0 aliphatic rings. The number of nitro groups is 1. The van der Waals surface area contributed by atoms with Crippen LogP contribution in [0.15, 0.2) is 18.2 Å². The fourth-order valence-electron chi connectivity index (χ4n) is 1.89. The predicted molar refractivity (Wildman–Crippen MR) is 77.7 cm³/mol. The Bertz CT molecular complexity index is 642. The molecule has 0 aromatic heterocycles. The molecule has 1 atom stereocenters. The molecule has 1 aromatic carbocycles. The maximum Gasteiger partial charge on any atom is 0.328 e. The van der Waals surface area contributed by atoms with Gasteiger partial charge in [-0.25, -0.2) is 4.79 Å². The monoisotopic (exact) mass is 324 g/mol. The van der Waals surface area contributed by atoms with Crippen molar-refractivity contribution >= 4 is 23.5 Å². The number of rotatable bonds is 6. The van der Waals surface area contributed by atoms with Crippen LogP contribution in [0.5, 0.6) is 5.75 Å². The van der Waals surface area contributed by atoms with E-state index in [4.69, 9.17) is 4.74 Å². The van der Waals surface area contributed by atoms with E-state index in [-0.39, 0.29) is 12.2 Å². The zero-order chi connectivity index (χ0) is 17.6. The lowest BCUT2D eigenvalue weighted by Crippen LogP contribution is -2.41. The first-order valence-electron chi connectivity index (χ1n) is 6.55. The van der Waals surface area contributed by atoms with Gasteiger partial charge in [0.1, 0.15) is 6.04 Å². The quantitative estimate of drug-likeness (QED) is 0.354. The molecule has 0 radical (unpaired) electrons. The van der Waals surface area contributed by atoms with Crippen molar-refractivity contribution in [2.45, 2.75) is 26.3 Å². The molecule has 0 spiro atoms. The molecule has 0 aliphatic heterocycles. The third-order valence-corrected chi connectivity index (χ3v) is 2.78. The first-order valence-corrected chi connectivity index (χ1v) is 6.55. The van der Waals surface area contributed by atoms with Crippen LogP contribution in [-0.2, 0) is 25.5 Å². The van der Waals surface area contributed by atoms with Gasteiger partial charge < -0.3 is 14.8 Å². The number of hydrogen-bond acceptors (Lipinski definition) is 7. The number of benzene rings is 1. The summed E-state index contributed by atoms with van der Waals surface area (Å²) in [6.07, 6.45) is -0.00650. The summed E-state index contributed by atoms with van der Waals surface area (Å²) in [5.41, 5.74) is -0.0131. The van der Waals surface area contributed by atoms with Crippen molar-refractivity contribution in [2.24, 2.45) is 0 Å². The highest BCUT2D eigenvalue weighted by molar-refractivity contribution is 5.83. The van der Waals surface area contributed by atoms with Crippen LogP contribution in [0.3, 0.4) is 0 Å². The molecule has 1 rings (SSSR count). The summed E-state index contributed by atoms with van der Waals surface area (Å²) in [7, 11) is 1.17. The van der Waals surface area contributed by atoms with Crippen molar-refractivity contribution in [3.63, 3.8) is 0 Å². The van der Waals surface area contributed by atoms with Gasteiger partial charge in [-0.05, 0) is 11.6 Å². The molecule has 9 heteroatoms. The number of esters is 2. The van der Waals surface area contributed by atoms with Crippen molar-refractivity contribution in [1.29, 1.82) is 0 Å². The average molecular weight is 324 g/mol. The second-order valence-electron chi connectivity index (χ2n) is 4.63. The van der Waals surface area contributed by atoms with Crippen LogP contribution in [0.2, 0.25) is 0 Å². The SMILES string of the molecule is COC(=O)[C@H](Cc1ccc(OC(C)=O)c([N+](=O)[O-])c1)NC(C)=O. The van der Waals surface area contributed by atoms with E-state index in [9.17, 15) is 24.5 Å². The molecular formula is C14H16N2O7. The molecule has 1 aromatic rings. The predicted octanol–water partition coefficient (Wildman–Crippen LogP) is 0.740. The molecule has 0 fully saturated rings. The topological polar surface area (TPSA) is 125 Å². The maximum atomic E-state index is 11.6. The summed E-state index contributed by atoms with van der Waals surface area (Å²) in [6, 6.07) is 2.92. The molecule has 1 N–H and O–H groups in total. The van der Waals surface area contributed by atoms with E-state index in [2.05, 4.69) is 10.1 Å². The summed E-state index contributed by atoms with van der Waals surface area (Å²) < 4.78 is 9.34. The van der Waals surface area contributed by atoms with Crippen LogP contribution in [0.1, 0.15) is 19.4 Å². The van der Waals surface area contributed by atoms with E-state index < -0.39 is 34.5 Å². The average Bonchev–Trinajstić information content (AvgIpc) is 2.46. The molecule has 0 bridgehead atoms. The minimum absolute atomic E-state index is 0.00650. The number of carbonyl (C=O) groups excluding carboxylic acids is 3. The fraction of sp³-hybridized carbons (Fsp3) is 0.357. The molecule has 9 nitrogen and oxygen atoms in total. The third-order valence-electron chi connectivity index (χ3n) is 2.78. The number of nitro benzene ring substituents is 1. The zero-order valence-corrected chi connectivity index (χ0v) is 12.8. The number of methoxy groups -OCH3 is 1. The van der Waals surface area contributed by atoms with Gasteiger partial charge >= 0.3 is 17.6 Å². The molecule has 0 heterocycles. The van der Waals surface area contributed by atoms with Crippen LogP contribution in [0.4, 0.5) is 5.69 Å². The molecule has 0 saturated heterocycles. The van der Waals surface area contributed by atoms with Crippen molar-refractivity contribution < 1.29 is 28.8 Å². The first kappa shape index (κ1) is 18.1. The smallest absolute Gasteiger partial charge is 0.328 e. The van der Waals surface area contributed by atoms with Gasteiger partial charge in [0.2, 0.25) is 11.7 Å². The standard InChI is InChI=1S/C14H16N2O7/c1-8(17)15-11(14(19)22-3)6-10-4-5-13(23-9(2)18)12(7-10)16(20)21/h4-5,7,11H,6H2,1-3H3,(H,15,17)/t11-/m0/s1. The van der Waals surface area contributed by atoms with Gasteiger partial charge in [-0.15, -0.1) is 0 Å². The van der Waals surface area contributed by atoms with Crippen LogP contribution >= 0.6 is 0 Å². The molecule has 23 heavy (non-hydrogen) atoms. The van der Waals surface area contributed by atoms with Gasteiger partial charge in [0.05, 0.1) is 12.0 Å². The molecule has 0 aliphatic carbocycles. The Labute approximate surface area is 131 Å². The van der Waals surface area contributed by atoms with Crippen molar-refractivity contribution in [3.8, 4) is 5.75 Å². The van der Waals surface area contributed by atoms with Crippen molar-refractivity contribution in [1.82, 2.24) is 5.32 Å². The summed E-state index contributed by atoms with van der Waals surface area (Å²) in [6.45, 7) is 2.36. The van der Waals surface area contributed by atoms with Crippen molar-refractivity contribution in [3.05, 3.63) is 33.9 Å². The Morgan fingerprint density at radius 1 is 1.30 bits per heavy atom. The van der Waals surface area contributed by atoms with Gasteiger partial charge in [-0.2, -0.15) is 0 Å². The van der Waals surface area contributed by atoms with Crippen LogP contribution < -0.4 is 10.1 Å². The lowest BCUT2D eigenvalue weighted by molar-refractivity contribution is -0.385. The summed E-state index contributed by atoms with van der Waals surface area (Å²) >= 11 is 0. The lowest BCUT2D eigenvalue weighted by atomic mass is 10.0. The minimum Gasteiger partial charge on any atom is -0.467 e. The first-order chi connectivity index (χ1) is 10.7. The Hall–Kier alpha value is -2.97. The number of carbonyl (C=O) groups is 3. The fourth-order valence-corrected chi connectivity index (χ4v) is 1.89. The Balaban J connectivity index is 3.09. The Morgan fingerprint density at radius 3 is 2.43 bits per heavy atom. The van der Waals surface area contributed by atoms with Crippen LogP contribution in [0, 0.1) is 10.1 Å². The van der Waals surface area contributed by atoms with Gasteiger partial charge in [-0.3, -0.25) is 19.7 Å². The number of hydrogen-bond donors (Lipinski definition) is 1. The van der Waals surface area contributed by atoms with E-state index in [1.807, 2.05) is 0 Å². The highest BCUT2D eigenvalue weighted by Gasteiger charge is 2.23. The largest absolute Gasteiger partial charge is 0.467 e. The van der Waals surface area contributed by atoms with Gasteiger partial charge in [0, 0.05) is 26.3 Å². The van der Waals surface area contributed by atoms with Crippen LogP contribution in [0.25, 0.3) is 0 Å². The zero-order valence-electron chi connectivity index (χ0n) is 12.8. The second kappa shape index (κ2) is 7.87. The van der Waals surface area contributed by atoms with E-state index in [1.165, 1.54) is 32.2 Å². The third kappa shape index (κ3) is 5.38. The van der Waals surface area contributed by atoms with Gasteiger partial charge in [-0.1, -0.05) is 6.07 Å². The Kier molecular flexibility index (Phi) is 6.19. The number of nitrogens with zero attached hydrogens (tertiary/aromatic N) is 1. The normalized spacial score (nSPS) is 11.3. The summed E-state index contributed by atoms with van der Waals surface area (Å²) in [5, 5.41) is 13.5. The Morgan fingerprint density at radius 2 is 1.96 bits per heavy atom. The van der Waals surface area contributed by atoms with E-state index in [0.29, 0.717) is 5.56 Å². The van der Waals surface area contributed by atoms with Gasteiger partial charge in [0.15, 0.2) is 0 Å². The molecule has 0 unspecified atom stereocenters. The van der Waals surface area contributed by atoms with Crippen molar-refractivity contribution in [2.75, 3.05) is 7.11 Å². The molecular weight excluding hydrogens is 308 g/mol. The molecule has 1 amide bonds. The molecule has 0 saturated carbocycles. The molecule has 124 valence electrons. The van der Waals surface area contributed by atoms with Gasteiger partial charge in [0.25, 0.3) is 0 Å². The van der Waals surface area contributed by atoms with E-state index >= 15 is 0 Å². The second-order valence-corrected chi connectivity index (χ2v) is 4.63. The number of amides is 1. The number of nitrogens with one attached hydrogen (secondary N) is 1. The van der Waals surface area contributed by atoms with E-state index in [0.717, 1.165) is 6.92 Å². The summed E-state index contributed by atoms with van der Waals surface area (Å²) in [5.74, 6) is -2.00. The van der Waals surface area contributed by atoms with E-state index in [1.54, 1.807) is 0 Å². The lowest BCUT2D eigenvalue weighted by Gasteiger charge is -2.15. The summed E-state index contributed by atoms with van der Waals surface area (Å²) in [4.78, 5) is 44.1. The maximum absolute atomic E-state index is 11.6. The minimum atomic E-state index is -0.975. The highest BCUT2D eigenvalue weighted by Crippen LogP contribution is 2.28. The number of ether oxygens (including phenoxy) is 2. The highest BCUT2D eigenvalue weighted by atomic mass is 16.6. The van der Waals surface area contributed by atoms with Crippen LogP contribution in [-0.4, -0.2) is 35.9 Å².